The lowest BCUT2D eigenvalue weighted by molar-refractivity contribution is 0.698. The summed E-state index contributed by atoms with van der Waals surface area (Å²) in [6, 6.07) is 0.579. The van der Waals surface area contributed by atoms with Crippen molar-refractivity contribution in [3.63, 3.8) is 0 Å². The molecule has 0 spiro atoms. The van der Waals surface area contributed by atoms with Crippen LogP contribution in [-0.2, 0) is 0 Å². The number of nitrogen functional groups attached to an aromatic ring is 1. The van der Waals surface area contributed by atoms with Crippen LogP contribution in [0.1, 0.15) is 42.5 Å². The number of rotatable bonds is 5. The first-order valence-corrected chi connectivity index (χ1v) is 7.03. The fourth-order valence-corrected chi connectivity index (χ4v) is 2.49. The van der Waals surface area contributed by atoms with E-state index >= 15 is 0 Å². The Morgan fingerprint density at radius 3 is 2.47 bits per heavy atom. The highest BCUT2D eigenvalue weighted by molar-refractivity contribution is 6.01. The van der Waals surface area contributed by atoms with E-state index in [0.29, 0.717) is 6.04 Å². The van der Waals surface area contributed by atoms with Gasteiger partial charge >= 0.3 is 0 Å². The highest BCUT2D eigenvalue weighted by Crippen LogP contribution is 2.38. The van der Waals surface area contributed by atoms with Crippen LogP contribution < -0.4 is 10.6 Å². The summed E-state index contributed by atoms with van der Waals surface area (Å²) in [5.41, 5.74) is 8.40. The number of nitrogens with zero attached hydrogens (tertiary/aromatic N) is 3. The SMILES string of the molecule is Cc1nnc(N(CC2CC2)C2CC2)c(C(=N)N)c1C. The van der Waals surface area contributed by atoms with Gasteiger partial charge in [-0.15, -0.1) is 5.10 Å². The van der Waals surface area contributed by atoms with E-state index in [4.69, 9.17) is 11.1 Å². The summed E-state index contributed by atoms with van der Waals surface area (Å²) in [6.07, 6.45) is 5.07. The minimum Gasteiger partial charge on any atom is -0.384 e. The van der Waals surface area contributed by atoms with Gasteiger partial charge in [0.1, 0.15) is 5.84 Å². The lowest BCUT2D eigenvalue weighted by atomic mass is 10.1. The maximum Gasteiger partial charge on any atom is 0.162 e. The Morgan fingerprint density at radius 2 is 1.95 bits per heavy atom. The number of aryl methyl sites for hydroxylation is 1. The van der Waals surface area contributed by atoms with E-state index in [-0.39, 0.29) is 5.84 Å². The number of nitrogens with one attached hydrogen (secondary N) is 1. The number of aromatic nitrogens is 2. The smallest absolute Gasteiger partial charge is 0.162 e. The summed E-state index contributed by atoms with van der Waals surface area (Å²) in [4.78, 5) is 2.34. The number of amidine groups is 1. The number of anilines is 1. The van der Waals surface area contributed by atoms with Crippen molar-refractivity contribution in [1.29, 1.82) is 5.41 Å². The summed E-state index contributed by atoms with van der Waals surface area (Å²) in [5.74, 6) is 1.72. The maximum absolute atomic E-state index is 7.85. The Hall–Kier alpha value is -1.65. The molecule has 2 saturated carbocycles. The van der Waals surface area contributed by atoms with Crippen molar-refractivity contribution in [3.8, 4) is 0 Å². The molecule has 3 rings (SSSR count). The molecule has 5 heteroatoms. The molecule has 1 heterocycles. The molecule has 2 aliphatic carbocycles. The van der Waals surface area contributed by atoms with Crippen LogP contribution in [0.5, 0.6) is 0 Å². The first kappa shape index (κ1) is 12.4. The van der Waals surface area contributed by atoms with E-state index in [2.05, 4.69) is 15.1 Å². The number of hydrogen-bond donors (Lipinski definition) is 2. The average molecular weight is 259 g/mol. The predicted molar refractivity (Wildman–Crippen MR) is 75.6 cm³/mol. The van der Waals surface area contributed by atoms with E-state index in [1.165, 1.54) is 25.7 Å². The molecule has 3 N–H and O–H groups in total. The van der Waals surface area contributed by atoms with Crippen LogP contribution >= 0.6 is 0 Å². The molecule has 0 saturated heterocycles. The van der Waals surface area contributed by atoms with Crippen molar-refractivity contribution in [2.24, 2.45) is 11.7 Å². The third kappa shape index (κ3) is 2.41. The minimum atomic E-state index is 0.104. The lowest BCUT2D eigenvalue weighted by Crippen LogP contribution is -2.32. The predicted octanol–water partition coefficient (Wildman–Crippen LogP) is 1.76. The van der Waals surface area contributed by atoms with Crippen molar-refractivity contribution in [2.75, 3.05) is 11.4 Å². The van der Waals surface area contributed by atoms with Crippen molar-refractivity contribution >= 4 is 11.7 Å². The van der Waals surface area contributed by atoms with Gasteiger partial charge in [0.05, 0.1) is 11.3 Å². The first-order valence-electron chi connectivity index (χ1n) is 7.03. The fraction of sp³-hybridized carbons (Fsp3) is 0.643. The molecule has 0 bridgehead atoms. The van der Waals surface area contributed by atoms with Crippen LogP contribution in [0.3, 0.4) is 0 Å². The molecule has 1 aromatic rings. The van der Waals surface area contributed by atoms with Gasteiger partial charge in [-0.25, -0.2) is 0 Å². The second-order valence-electron chi connectivity index (χ2n) is 5.85. The fourth-order valence-electron chi connectivity index (χ4n) is 2.49. The summed E-state index contributed by atoms with van der Waals surface area (Å²) in [5, 5.41) is 16.4. The van der Waals surface area contributed by atoms with Gasteiger partial charge in [-0.2, -0.15) is 5.10 Å². The van der Waals surface area contributed by atoms with Gasteiger partial charge in [0.25, 0.3) is 0 Å². The molecule has 1 aromatic heterocycles. The second kappa shape index (κ2) is 4.47. The molecule has 0 atom stereocenters. The van der Waals surface area contributed by atoms with Gasteiger partial charge in [0, 0.05) is 12.6 Å². The van der Waals surface area contributed by atoms with Gasteiger partial charge < -0.3 is 10.6 Å². The molecule has 0 aliphatic heterocycles. The zero-order valence-electron chi connectivity index (χ0n) is 11.6. The van der Waals surface area contributed by atoms with Crippen molar-refractivity contribution < 1.29 is 0 Å². The number of hydrogen-bond acceptors (Lipinski definition) is 4. The van der Waals surface area contributed by atoms with Crippen LogP contribution in [0.15, 0.2) is 0 Å². The highest BCUT2D eigenvalue weighted by Gasteiger charge is 2.36. The monoisotopic (exact) mass is 259 g/mol. The normalized spacial score (nSPS) is 18.4. The van der Waals surface area contributed by atoms with Crippen LogP contribution in [0.25, 0.3) is 0 Å². The summed E-state index contributed by atoms with van der Waals surface area (Å²) in [6.45, 7) is 4.94. The van der Waals surface area contributed by atoms with E-state index in [1.807, 2.05) is 13.8 Å². The molecule has 0 unspecified atom stereocenters. The zero-order chi connectivity index (χ0) is 13.6. The van der Waals surface area contributed by atoms with Gasteiger partial charge in [0.15, 0.2) is 5.82 Å². The standard InChI is InChI=1S/C14H21N5/c1-8-9(2)17-18-14(12(8)13(15)16)19(11-5-6-11)7-10-3-4-10/h10-11H,3-7H2,1-2H3,(H3,15,16). The Labute approximate surface area is 113 Å². The molecule has 2 fully saturated rings. The number of nitrogens with two attached hydrogens (primary N) is 1. The van der Waals surface area contributed by atoms with E-state index in [1.54, 1.807) is 0 Å². The second-order valence-corrected chi connectivity index (χ2v) is 5.85. The third-order valence-corrected chi connectivity index (χ3v) is 4.12. The highest BCUT2D eigenvalue weighted by atomic mass is 15.3. The van der Waals surface area contributed by atoms with Crippen molar-refractivity contribution in [3.05, 3.63) is 16.8 Å². The van der Waals surface area contributed by atoms with Crippen LogP contribution in [0.2, 0.25) is 0 Å². The Bertz CT molecular complexity index is 517. The van der Waals surface area contributed by atoms with Crippen LogP contribution in [-0.4, -0.2) is 28.6 Å². The molecule has 0 aromatic carbocycles. The van der Waals surface area contributed by atoms with Crippen LogP contribution in [0.4, 0.5) is 5.82 Å². The quantitative estimate of drug-likeness (QED) is 0.624. The molecule has 0 radical (unpaired) electrons. The largest absolute Gasteiger partial charge is 0.384 e. The molecule has 102 valence electrons. The maximum atomic E-state index is 7.85. The van der Waals surface area contributed by atoms with Crippen molar-refractivity contribution in [1.82, 2.24) is 10.2 Å². The molecule has 19 heavy (non-hydrogen) atoms. The van der Waals surface area contributed by atoms with Gasteiger partial charge in [0.2, 0.25) is 0 Å². The topological polar surface area (TPSA) is 78.9 Å². The molecule has 2 aliphatic rings. The Balaban J connectivity index is 2.01. The van der Waals surface area contributed by atoms with E-state index < -0.39 is 0 Å². The summed E-state index contributed by atoms with van der Waals surface area (Å²) in [7, 11) is 0. The van der Waals surface area contributed by atoms with Gasteiger partial charge in [-0.1, -0.05) is 0 Å². The Morgan fingerprint density at radius 1 is 1.26 bits per heavy atom. The average Bonchev–Trinajstić information content (AvgIpc) is 3.23. The lowest BCUT2D eigenvalue weighted by Gasteiger charge is -2.26. The zero-order valence-corrected chi connectivity index (χ0v) is 11.6. The summed E-state index contributed by atoms with van der Waals surface area (Å²) >= 11 is 0. The molecule has 5 nitrogen and oxygen atoms in total. The van der Waals surface area contributed by atoms with E-state index in [9.17, 15) is 0 Å². The Kier molecular flexibility index (Phi) is 2.92. The van der Waals surface area contributed by atoms with Crippen molar-refractivity contribution in [2.45, 2.75) is 45.6 Å². The minimum absolute atomic E-state index is 0.104. The third-order valence-electron chi connectivity index (χ3n) is 4.12. The first-order chi connectivity index (χ1) is 9.08. The van der Waals surface area contributed by atoms with Gasteiger partial charge in [-0.3, -0.25) is 5.41 Å². The molecule has 0 amide bonds. The van der Waals surface area contributed by atoms with E-state index in [0.717, 1.165) is 35.1 Å². The van der Waals surface area contributed by atoms with Crippen LogP contribution in [0, 0.1) is 25.2 Å². The molecular formula is C14H21N5. The summed E-state index contributed by atoms with van der Waals surface area (Å²) < 4.78 is 0. The van der Waals surface area contributed by atoms with Gasteiger partial charge in [-0.05, 0) is 51.0 Å². The molecular weight excluding hydrogens is 238 g/mol.